The zero-order chi connectivity index (χ0) is 39.8. The maximum absolute atomic E-state index is 12.2. The molecule has 1 unspecified atom stereocenters. The highest BCUT2D eigenvalue weighted by Crippen LogP contribution is 2.16. The van der Waals surface area contributed by atoms with Gasteiger partial charge in [-0.1, -0.05) is 236 Å². The topological polar surface area (TPSA) is 55.8 Å². The molecule has 55 heavy (non-hydrogen) atoms. The first-order valence-corrected chi connectivity index (χ1v) is 24.2. The molecule has 0 aliphatic carbocycles. The molecule has 0 saturated heterocycles. The summed E-state index contributed by atoms with van der Waals surface area (Å²) >= 11 is 0. The van der Waals surface area contributed by atoms with Gasteiger partial charge in [-0.05, 0) is 51.4 Å². The van der Waals surface area contributed by atoms with Crippen LogP contribution >= 0.6 is 0 Å². The van der Waals surface area contributed by atoms with Crippen molar-refractivity contribution in [3.63, 3.8) is 0 Å². The minimum Gasteiger partial charge on any atom is -0.457 e. The molecule has 1 atom stereocenters. The molecule has 4 heteroatoms. The second kappa shape index (κ2) is 48.5. The maximum atomic E-state index is 12.2. The minimum atomic E-state index is -0.541. The molecule has 0 aliphatic heterocycles. The molecule has 1 N–H and O–H groups in total. The molecule has 0 aromatic rings. The zero-order valence-electron chi connectivity index (χ0n) is 36.9. The van der Waals surface area contributed by atoms with Gasteiger partial charge in [-0.15, -0.1) is 0 Å². The van der Waals surface area contributed by atoms with Crippen LogP contribution in [0.2, 0.25) is 0 Å². The lowest BCUT2D eigenvalue weighted by Gasteiger charge is -2.16. The molecule has 0 spiro atoms. The van der Waals surface area contributed by atoms with E-state index < -0.39 is 6.10 Å². The molecule has 0 rings (SSSR count). The fourth-order valence-corrected chi connectivity index (χ4v) is 7.09. The van der Waals surface area contributed by atoms with Gasteiger partial charge in [-0.3, -0.25) is 4.79 Å². The lowest BCUT2D eigenvalue weighted by molar-refractivity contribution is -0.154. The molecule has 4 nitrogen and oxygen atoms in total. The van der Waals surface area contributed by atoms with Gasteiger partial charge in [0.2, 0.25) is 0 Å². The second-order valence-electron chi connectivity index (χ2n) is 16.2. The maximum Gasteiger partial charge on any atom is 0.306 e. The van der Waals surface area contributed by atoms with Crippen LogP contribution in [-0.4, -0.2) is 37.0 Å². The standard InChI is InChI=1S/C51H94O4/c1-3-5-7-9-11-13-15-17-19-21-23-24-25-26-27-29-31-33-35-37-39-41-43-45-47-54-49-50(48-52)55-51(53)46-44-42-40-38-36-34-32-30-28-22-20-18-16-14-12-10-8-6-4-2/h6,8,12,14,18,20,28,30,50,52H,3-5,7,9-11,13,15-17,19,21-27,29,31-49H2,1-2H3/b8-6-,14-12-,20-18-,30-28-. The first-order valence-electron chi connectivity index (χ1n) is 24.2. The quantitative estimate of drug-likeness (QED) is 0.0381. The Kier molecular flexibility index (Phi) is 47.0. The van der Waals surface area contributed by atoms with E-state index in [1.54, 1.807) is 0 Å². The van der Waals surface area contributed by atoms with E-state index in [4.69, 9.17) is 9.47 Å². The van der Waals surface area contributed by atoms with E-state index in [-0.39, 0.29) is 12.6 Å². The van der Waals surface area contributed by atoms with Gasteiger partial charge in [0.05, 0.1) is 13.2 Å². The molecule has 0 aromatic heterocycles. The Balaban J connectivity index is 3.40. The van der Waals surface area contributed by atoms with Gasteiger partial charge in [0.15, 0.2) is 0 Å². The van der Waals surface area contributed by atoms with E-state index in [1.165, 1.54) is 167 Å². The van der Waals surface area contributed by atoms with E-state index in [1.807, 2.05) is 0 Å². The van der Waals surface area contributed by atoms with Gasteiger partial charge in [0.25, 0.3) is 0 Å². The van der Waals surface area contributed by atoms with Crippen molar-refractivity contribution in [2.75, 3.05) is 19.8 Å². The number of ether oxygens (including phenoxy) is 2. The Hall–Kier alpha value is -1.65. The van der Waals surface area contributed by atoms with Crippen molar-refractivity contribution in [2.24, 2.45) is 0 Å². The minimum absolute atomic E-state index is 0.176. The summed E-state index contributed by atoms with van der Waals surface area (Å²) in [5, 5.41) is 9.63. The van der Waals surface area contributed by atoms with Crippen LogP contribution in [0.25, 0.3) is 0 Å². The van der Waals surface area contributed by atoms with Crippen LogP contribution in [0.4, 0.5) is 0 Å². The summed E-state index contributed by atoms with van der Waals surface area (Å²) in [4.78, 5) is 12.2. The van der Waals surface area contributed by atoms with Crippen molar-refractivity contribution < 1.29 is 19.4 Å². The third-order valence-electron chi connectivity index (χ3n) is 10.7. The molecule has 0 fully saturated rings. The van der Waals surface area contributed by atoms with Crippen LogP contribution < -0.4 is 0 Å². The Morgan fingerprint density at radius 1 is 0.455 bits per heavy atom. The van der Waals surface area contributed by atoms with Crippen molar-refractivity contribution in [3.05, 3.63) is 48.6 Å². The summed E-state index contributed by atoms with van der Waals surface area (Å²) in [6.07, 6.45) is 63.4. The monoisotopic (exact) mass is 771 g/mol. The van der Waals surface area contributed by atoms with Crippen LogP contribution in [0.3, 0.4) is 0 Å². The van der Waals surface area contributed by atoms with Crippen LogP contribution in [0.15, 0.2) is 48.6 Å². The molecule has 0 aliphatic rings. The molecule has 0 bridgehead atoms. The Morgan fingerprint density at radius 3 is 1.24 bits per heavy atom. The van der Waals surface area contributed by atoms with Crippen LogP contribution in [-0.2, 0) is 14.3 Å². The number of carbonyl (C=O) groups excluding carboxylic acids is 1. The number of allylic oxidation sites excluding steroid dienone is 8. The number of unbranched alkanes of at least 4 members (excludes halogenated alkanes) is 29. The predicted octanol–water partition coefficient (Wildman–Crippen LogP) is 16.2. The molecule has 0 saturated carbocycles. The van der Waals surface area contributed by atoms with Crippen LogP contribution in [0.1, 0.15) is 245 Å². The van der Waals surface area contributed by atoms with E-state index in [0.717, 1.165) is 57.8 Å². The fourth-order valence-electron chi connectivity index (χ4n) is 7.09. The Labute approximate surface area is 343 Å². The Morgan fingerprint density at radius 2 is 0.818 bits per heavy atom. The van der Waals surface area contributed by atoms with Crippen molar-refractivity contribution >= 4 is 5.97 Å². The first-order chi connectivity index (χ1) is 27.2. The van der Waals surface area contributed by atoms with Gasteiger partial charge in [-0.25, -0.2) is 0 Å². The number of hydrogen-bond acceptors (Lipinski definition) is 4. The third-order valence-corrected chi connectivity index (χ3v) is 10.7. The molecule has 0 aromatic carbocycles. The smallest absolute Gasteiger partial charge is 0.306 e. The predicted molar refractivity (Wildman–Crippen MR) is 242 cm³/mol. The first kappa shape index (κ1) is 53.4. The lowest BCUT2D eigenvalue weighted by Crippen LogP contribution is -2.27. The highest BCUT2D eigenvalue weighted by molar-refractivity contribution is 5.69. The average molecular weight is 771 g/mol. The lowest BCUT2D eigenvalue weighted by atomic mass is 10.0. The van der Waals surface area contributed by atoms with Crippen LogP contribution in [0, 0.1) is 0 Å². The van der Waals surface area contributed by atoms with Gasteiger partial charge >= 0.3 is 5.97 Å². The van der Waals surface area contributed by atoms with E-state index >= 15 is 0 Å². The zero-order valence-corrected chi connectivity index (χ0v) is 36.9. The molecular formula is C51H94O4. The van der Waals surface area contributed by atoms with Crippen molar-refractivity contribution in [3.8, 4) is 0 Å². The van der Waals surface area contributed by atoms with Crippen molar-refractivity contribution in [1.82, 2.24) is 0 Å². The highest BCUT2D eigenvalue weighted by atomic mass is 16.6. The summed E-state index contributed by atoms with van der Waals surface area (Å²) < 4.78 is 11.2. The number of carbonyl (C=O) groups is 1. The highest BCUT2D eigenvalue weighted by Gasteiger charge is 2.13. The van der Waals surface area contributed by atoms with Gasteiger partial charge < -0.3 is 14.6 Å². The summed E-state index contributed by atoms with van der Waals surface area (Å²) in [7, 11) is 0. The summed E-state index contributed by atoms with van der Waals surface area (Å²) in [6.45, 7) is 5.25. The largest absolute Gasteiger partial charge is 0.457 e. The second-order valence-corrected chi connectivity index (χ2v) is 16.2. The van der Waals surface area contributed by atoms with Gasteiger partial charge in [0, 0.05) is 13.0 Å². The summed E-state index contributed by atoms with van der Waals surface area (Å²) in [6, 6.07) is 0. The van der Waals surface area contributed by atoms with E-state index in [9.17, 15) is 9.90 Å². The molecule has 0 amide bonds. The average Bonchev–Trinajstić information content (AvgIpc) is 3.19. The fraction of sp³-hybridized carbons (Fsp3) is 0.824. The summed E-state index contributed by atoms with van der Waals surface area (Å²) in [5.41, 5.74) is 0. The molecule has 0 radical (unpaired) electrons. The number of aliphatic hydroxyl groups excluding tert-OH is 1. The van der Waals surface area contributed by atoms with E-state index in [0.29, 0.717) is 19.6 Å². The van der Waals surface area contributed by atoms with E-state index in [2.05, 4.69) is 62.5 Å². The third kappa shape index (κ3) is 46.6. The van der Waals surface area contributed by atoms with Crippen molar-refractivity contribution in [2.45, 2.75) is 251 Å². The summed E-state index contributed by atoms with van der Waals surface area (Å²) in [5.74, 6) is -0.211. The number of rotatable bonds is 45. The molecule has 322 valence electrons. The van der Waals surface area contributed by atoms with Crippen molar-refractivity contribution in [1.29, 1.82) is 0 Å². The molecular weight excluding hydrogens is 677 g/mol. The number of hydrogen-bond donors (Lipinski definition) is 1. The molecule has 0 heterocycles. The SMILES string of the molecule is CC/C=C\C/C=C\C/C=C\C/C=C\CCCCCCCCC(=O)OC(CO)COCCCCCCCCCCCCCCCCCCCCCCCCCC. The number of esters is 1. The van der Waals surface area contributed by atoms with Gasteiger partial charge in [0.1, 0.15) is 6.10 Å². The number of aliphatic hydroxyl groups is 1. The Bertz CT molecular complexity index is 859. The van der Waals surface area contributed by atoms with Crippen LogP contribution in [0.5, 0.6) is 0 Å². The normalized spacial score (nSPS) is 12.7. The van der Waals surface area contributed by atoms with Gasteiger partial charge in [-0.2, -0.15) is 0 Å².